The summed E-state index contributed by atoms with van der Waals surface area (Å²) in [5, 5.41) is 0.0683. The van der Waals surface area contributed by atoms with Gasteiger partial charge in [-0.05, 0) is 30.4 Å². The third-order valence-electron chi connectivity index (χ3n) is 3.36. The first kappa shape index (κ1) is 13.8. The molecule has 0 aromatic heterocycles. The summed E-state index contributed by atoms with van der Waals surface area (Å²) in [6, 6.07) is 4.42. The van der Waals surface area contributed by atoms with Crippen LogP contribution in [0.4, 0.5) is 4.39 Å². The van der Waals surface area contributed by atoms with Crippen LogP contribution >= 0.6 is 11.6 Å². The molecule has 1 heterocycles. The number of nitrogens with two attached hydrogens (primary N) is 1. The zero-order valence-electron chi connectivity index (χ0n) is 9.77. The Kier molecular flexibility index (Phi) is 3.94. The predicted molar refractivity (Wildman–Crippen MR) is 69.9 cm³/mol. The summed E-state index contributed by atoms with van der Waals surface area (Å²) in [6.07, 6.45) is 0.873. The second-order valence-electron chi connectivity index (χ2n) is 4.74. The van der Waals surface area contributed by atoms with Crippen LogP contribution in [0.2, 0.25) is 5.02 Å². The molecule has 0 aliphatic carbocycles. The summed E-state index contributed by atoms with van der Waals surface area (Å²) in [6.45, 7) is 0. The summed E-state index contributed by atoms with van der Waals surface area (Å²) in [5.41, 5.74) is 6.42. The maximum Gasteiger partial charge on any atom is 0.150 e. The largest absolute Gasteiger partial charge is 0.327 e. The summed E-state index contributed by atoms with van der Waals surface area (Å²) in [7, 11) is -2.95. The summed E-state index contributed by atoms with van der Waals surface area (Å²) >= 11 is 5.69. The van der Waals surface area contributed by atoms with E-state index in [0.717, 1.165) is 0 Å². The summed E-state index contributed by atoms with van der Waals surface area (Å²) in [4.78, 5) is 0. The topological polar surface area (TPSA) is 60.2 Å². The standard InChI is InChI=1S/C12H15ClFNO2S/c13-10-3-1-2-8(12(10)14)6-11(15)9-4-5-18(16,17)7-9/h1-3,9,11H,4-7,15H2. The van der Waals surface area contributed by atoms with Gasteiger partial charge in [-0.2, -0.15) is 0 Å². The molecule has 0 spiro atoms. The van der Waals surface area contributed by atoms with Gasteiger partial charge in [-0.15, -0.1) is 0 Å². The molecule has 2 unspecified atom stereocenters. The van der Waals surface area contributed by atoms with E-state index in [2.05, 4.69) is 0 Å². The molecule has 0 radical (unpaired) electrons. The van der Waals surface area contributed by atoms with Crippen LogP contribution in [0.5, 0.6) is 0 Å². The molecular weight excluding hydrogens is 277 g/mol. The van der Waals surface area contributed by atoms with E-state index in [-0.39, 0.29) is 28.5 Å². The molecule has 1 aromatic rings. The minimum absolute atomic E-state index is 0.0683. The molecule has 0 amide bonds. The Morgan fingerprint density at radius 1 is 1.50 bits per heavy atom. The molecule has 0 saturated carbocycles. The average molecular weight is 292 g/mol. The minimum Gasteiger partial charge on any atom is -0.327 e. The fourth-order valence-electron chi connectivity index (χ4n) is 2.29. The van der Waals surface area contributed by atoms with Crippen LogP contribution in [-0.4, -0.2) is 26.0 Å². The highest BCUT2D eigenvalue weighted by Gasteiger charge is 2.32. The molecule has 2 rings (SSSR count). The molecular formula is C12H15ClFNO2S. The number of rotatable bonds is 3. The Morgan fingerprint density at radius 3 is 2.83 bits per heavy atom. The van der Waals surface area contributed by atoms with Crippen molar-refractivity contribution in [1.29, 1.82) is 0 Å². The van der Waals surface area contributed by atoms with E-state index in [0.29, 0.717) is 18.4 Å². The lowest BCUT2D eigenvalue weighted by atomic mass is 9.94. The van der Waals surface area contributed by atoms with Crippen molar-refractivity contribution in [2.75, 3.05) is 11.5 Å². The Morgan fingerprint density at radius 2 is 2.22 bits per heavy atom. The smallest absolute Gasteiger partial charge is 0.150 e. The van der Waals surface area contributed by atoms with Crippen molar-refractivity contribution < 1.29 is 12.8 Å². The Balaban J connectivity index is 2.08. The van der Waals surface area contributed by atoms with Crippen molar-refractivity contribution in [3.63, 3.8) is 0 Å². The molecule has 2 atom stereocenters. The Bertz CT molecular complexity index is 547. The normalized spacial score (nSPS) is 24.1. The van der Waals surface area contributed by atoms with Crippen molar-refractivity contribution in [2.24, 2.45) is 11.7 Å². The second kappa shape index (κ2) is 5.15. The third-order valence-corrected chi connectivity index (χ3v) is 5.45. The fourth-order valence-corrected chi connectivity index (χ4v) is 4.38. The van der Waals surface area contributed by atoms with Gasteiger partial charge in [0.1, 0.15) is 5.82 Å². The average Bonchev–Trinajstić information content (AvgIpc) is 2.65. The minimum atomic E-state index is -2.95. The lowest BCUT2D eigenvalue weighted by Gasteiger charge is -2.18. The van der Waals surface area contributed by atoms with Crippen molar-refractivity contribution in [3.8, 4) is 0 Å². The van der Waals surface area contributed by atoms with Crippen LogP contribution in [0.1, 0.15) is 12.0 Å². The molecule has 0 bridgehead atoms. The Hall–Kier alpha value is -0.650. The van der Waals surface area contributed by atoms with E-state index in [1.165, 1.54) is 6.07 Å². The third kappa shape index (κ3) is 3.02. The highest BCUT2D eigenvalue weighted by Crippen LogP contribution is 2.25. The molecule has 1 aliphatic heterocycles. The van der Waals surface area contributed by atoms with E-state index in [1.807, 2.05) is 0 Å². The van der Waals surface area contributed by atoms with E-state index in [4.69, 9.17) is 17.3 Å². The van der Waals surface area contributed by atoms with E-state index >= 15 is 0 Å². The molecule has 6 heteroatoms. The zero-order valence-corrected chi connectivity index (χ0v) is 11.3. The van der Waals surface area contributed by atoms with Gasteiger partial charge in [-0.25, -0.2) is 12.8 Å². The highest BCUT2D eigenvalue weighted by molar-refractivity contribution is 7.91. The maximum atomic E-state index is 13.7. The van der Waals surface area contributed by atoms with Crippen LogP contribution in [0.3, 0.4) is 0 Å². The lowest BCUT2D eigenvalue weighted by Crippen LogP contribution is -2.33. The highest BCUT2D eigenvalue weighted by atomic mass is 35.5. The summed E-state index contributed by atoms with van der Waals surface area (Å²) in [5.74, 6) is -0.261. The van der Waals surface area contributed by atoms with E-state index in [1.54, 1.807) is 12.1 Å². The van der Waals surface area contributed by atoms with Crippen molar-refractivity contribution in [2.45, 2.75) is 18.9 Å². The SMILES string of the molecule is NC(Cc1cccc(Cl)c1F)C1CCS(=O)(=O)C1. The molecule has 100 valence electrons. The first-order chi connectivity index (χ1) is 8.39. The molecule has 1 fully saturated rings. The molecule has 3 nitrogen and oxygen atoms in total. The number of hydrogen-bond acceptors (Lipinski definition) is 3. The van der Waals surface area contributed by atoms with Gasteiger partial charge in [-0.1, -0.05) is 23.7 Å². The van der Waals surface area contributed by atoms with Gasteiger partial charge in [0.25, 0.3) is 0 Å². The summed E-state index contributed by atoms with van der Waals surface area (Å²) < 4.78 is 36.4. The van der Waals surface area contributed by atoms with Crippen LogP contribution in [-0.2, 0) is 16.3 Å². The van der Waals surface area contributed by atoms with Crippen LogP contribution in [0.25, 0.3) is 0 Å². The second-order valence-corrected chi connectivity index (χ2v) is 7.38. The lowest BCUT2D eigenvalue weighted by molar-refractivity contribution is 0.453. The van der Waals surface area contributed by atoms with Gasteiger partial charge in [0, 0.05) is 6.04 Å². The van der Waals surface area contributed by atoms with Gasteiger partial charge in [0.2, 0.25) is 0 Å². The maximum absolute atomic E-state index is 13.7. The van der Waals surface area contributed by atoms with Gasteiger partial charge >= 0.3 is 0 Å². The van der Waals surface area contributed by atoms with Crippen molar-refractivity contribution in [3.05, 3.63) is 34.6 Å². The zero-order chi connectivity index (χ0) is 13.3. The van der Waals surface area contributed by atoms with E-state index < -0.39 is 15.7 Å². The fraction of sp³-hybridized carbons (Fsp3) is 0.500. The van der Waals surface area contributed by atoms with Crippen LogP contribution < -0.4 is 5.73 Å². The first-order valence-electron chi connectivity index (χ1n) is 5.78. The van der Waals surface area contributed by atoms with Crippen molar-refractivity contribution in [1.82, 2.24) is 0 Å². The van der Waals surface area contributed by atoms with Gasteiger partial charge < -0.3 is 5.73 Å². The van der Waals surface area contributed by atoms with Crippen molar-refractivity contribution >= 4 is 21.4 Å². The van der Waals surface area contributed by atoms with E-state index in [9.17, 15) is 12.8 Å². The van der Waals surface area contributed by atoms with Gasteiger partial charge in [0.05, 0.1) is 16.5 Å². The molecule has 2 N–H and O–H groups in total. The number of benzene rings is 1. The molecule has 1 saturated heterocycles. The Labute approximate surface area is 111 Å². The molecule has 1 aromatic carbocycles. The van der Waals surface area contributed by atoms with Crippen LogP contribution in [0, 0.1) is 11.7 Å². The van der Waals surface area contributed by atoms with Crippen LogP contribution in [0.15, 0.2) is 18.2 Å². The molecule has 1 aliphatic rings. The molecule has 18 heavy (non-hydrogen) atoms. The first-order valence-corrected chi connectivity index (χ1v) is 7.98. The quantitative estimate of drug-likeness (QED) is 0.923. The monoisotopic (exact) mass is 291 g/mol. The number of halogens is 2. The van der Waals surface area contributed by atoms with Gasteiger partial charge in [0.15, 0.2) is 9.84 Å². The van der Waals surface area contributed by atoms with Gasteiger partial charge in [-0.3, -0.25) is 0 Å². The predicted octanol–water partition coefficient (Wildman–Crippen LogP) is 1.78. The number of sulfone groups is 1. The number of hydrogen-bond donors (Lipinski definition) is 1.